The summed E-state index contributed by atoms with van der Waals surface area (Å²) in [6.45, 7) is 6.99. The Hall–Kier alpha value is -2.21. The number of hydrogen-bond donors (Lipinski definition) is 2. The lowest BCUT2D eigenvalue weighted by Crippen LogP contribution is -2.42. The van der Waals surface area contributed by atoms with Gasteiger partial charge in [-0.25, -0.2) is 0 Å². The van der Waals surface area contributed by atoms with E-state index in [-0.39, 0.29) is 29.2 Å². The van der Waals surface area contributed by atoms with Crippen molar-refractivity contribution < 1.29 is 14.3 Å². The van der Waals surface area contributed by atoms with Gasteiger partial charge in [0.05, 0.1) is 23.9 Å². The van der Waals surface area contributed by atoms with Crippen LogP contribution < -0.4 is 11.1 Å². The highest BCUT2D eigenvalue weighted by Crippen LogP contribution is 2.23. The maximum Gasteiger partial charge on any atom is 0.255 e. The zero-order chi connectivity index (χ0) is 20.0. The number of aliphatic imine (C=N–C) groups is 1. The van der Waals surface area contributed by atoms with Gasteiger partial charge < -0.3 is 15.8 Å². The molecule has 0 aromatic carbocycles. The molecule has 2 aliphatic rings. The minimum atomic E-state index is -0.336. The van der Waals surface area contributed by atoms with Crippen molar-refractivity contribution in [2.24, 2.45) is 16.6 Å². The summed E-state index contributed by atoms with van der Waals surface area (Å²) in [6, 6.07) is -0.0519. The molecule has 2 rings (SSSR count). The van der Waals surface area contributed by atoms with Crippen LogP contribution in [0, 0.1) is 5.92 Å². The third-order valence-corrected chi connectivity index (χ3v) is 5.07. The summed E-state index contributed by atoms with van der Waals surface area (Å²) >= 11 is 0. The quantitative estimate of drug-likeness (QED) is 0.585. The van der Waals surface area contributed by atoms with Crippen molar-refractivity contribution in [2.75, 3.05) is 20.3 Å². The Morgan fingerprint density at radius 1 is 1.33 bits per heavy atom. The van der Waals surface area contributed by atoms with Crippen LogP contribution in [0.5, 0.6) is 0 Å². The largest absolute Gasteiger partial charge is 0.402 e. The molecule has 0 radical (unpaired) electrons. The number of rotatable bonds is 4. The minimum Gasteiger partial charge on any atom is -0.402 e. The van der Waals surface area contributed by atoms with E-state index < -0.39 is 0 Å². The van der Waals surface area contributed by atoms with Crippen molar-refractivity contribution in [1.82, 2.24) is 5.32 Å². The van der Waals surface area contributed by atoms with E-state index in [4.69, 9.17) is 10.5 Å². The number of ketones is 1. The van der Waals surface area contributed by atoms with Crippen LogP contribution in [0.15, 0.2) is 39.6 Å². The molecular weight excluding hydrogens is 342 g/mol. The molecular formula is C21H31N3O3. The standard InChI is InChI=1S/C21H31N3O3/c1-13-7-8-19(25)18(21(26)24-17-6-5-9-27-12-17)11-16(10-13)20(23-4)14(2)15(3)22/h10-11,13,17H,5-9,12,22H2,1-4H3,(H,24,26)/b15-14+,16-10-,18-11+,23-20+/t13?,17-/m1/s1. The molecule has 1 heterocycles. The van der Waals surface area contributed by atoms with Gasteiger partial charge in [0.15, 0.2) is 5.78 Å². The van der Waals surface area contributed by atoms with Gasteiger partial charge in [-0.3, -0.25) is 14.6 Å². The van der Waals surface area contributed by atoms with Gasteiger partial charge in [0, 0.05) is 25.8 Å². The van der Waals surface area contributed by atoms with Gasteiger partial charge in [-0.2, -0.15) is 0 Å². The smallest absolute Gasteiger partial charge is 0.255 e. The average Bonchev–Trinajstić information content (AvgIpc) is 2.63. The Bertz CT molecular complexity index is 706. The number of nitrogens with two attached hydrogens (primary N) is 1. The number of hydrogen-bond acceptors (Lipinski definition) is 5. The fraction of sp³-hybridized carbons (Fsp3) is 0.571. The maximum atomic E-state index is 12.8. The van der Waals surface area contributed by atoms with Gasteiger partial charge in [0.25, 0.3) is 5.91 Å². The van der Waals surface area contributed by atoms with E-state index in [1.54, 1.807) is 13.1 Å². The summed E-state index contributed by atoms with van der Waals surface area (Å²) in [5, 5.41) is 2.95. The third kappa shape index (κ3) is 5.63. The second-order valence-corrected chi connectivity index (χ2v) is 7.39. The van der Waals surface area contributed by atoms with E-state index in [1.165, 1.54) is 0 Å². The minimum absolute atomic E-state index is 0.0519. The second kappa shape index (κ2) is 9.65. The highest BCUT2D eigenvalue weighted by molar-refractivity contribution is 6.22. The number of carbonyl (C=O) groups excluding carboxylic acids is 2. The summed E-state index contributed by atoms with van der Waals surface area (Å²) in [5.41, 5.74) is 9.13. The van der Waals surface area contributed by atoms with Crippen molar-refractivity contribution >= 4 is 17.4 Å². The normalized spacial score (nSPS) is 29.5. The number of nitrogens with one attached hydrogen (secondary N) is 1. The van der Waals surface area contributed by atoms with Crippen LogP contribution in [-0.2, 0) is 14.3 Å². The van der Waals surface area contributed by atoms with E-state index in [1.807, 2.05) is 13.8 Å². The molecule has 1 fully saturated rings. The molecule has 148 valence electrons. The maximum absolute atomic E-state index is 12.8. The fourth-order valence-corrected chi connectivity index (χ4v) is 3.32. The second-order valence-electron chi connectivity index (χ2n) is 7.39. The van der Waals surface area contributed by atoms with Gasteiger partial charge in [0.1, 0.15) is 0 Å². The van der Waals surface area contributed by atoms with Gasteiger partial charge in [-0.15, -0.1) is 0 Å². The van der Waals surface area contributed by atoms with Gasteiger partial charge in [-0.05, 0) is 56.3 Å². The van der Waals surface area contributed by atoms with Gasteiger partial charge >= 0.3 is 0 Å². The average molecular weight is 373 g/mol. The molecule has 1 amide bonds. The zero-order valence-corrected chi connectivity index (χ0v) is 16.8. The monoisotopic (exact) mass is 373 g/mol. The highest BCUT2D eigenvalue weighted by atomic mass is 16.5. The van der Waals surface area contributed by atoms with Crippen LogP contribution in [0.25, 0.3) is 0 Å². The molecule has 3 N–H and O–H groups in total. The first-order chi connectivity index (χ1) is 12.8. The van der Waals surface area contributed by atoms with Crippen molar-refractivity contribution in [1.29, 1.82) is 0 Å². The molecule has 0 aromatic heterocycles. The number of nitrogens with zero attached hydrogens (tertiary/aromatic N) is 1. The van der Waals surface area contributed by atoms with Crippen molar-refractivity contribution in [3.8, 4) is 0 Å². The van der Waals surface area contributed by atoms with Crippen LogP contribution in [0.3, 0.4) is 0 Å². The van der Waals surface area contributed by atoms with Crippen LogP contribution in [0.4, 0.5) is 0 Å². The number of ether oxygens (including phenoxy) is 1. The molecule has 1 aliphatic carbocycles. The lowest BCUT2D eigenvalue weighted by Gasteiger charge is -2.24. The topological polar surface area (TPSA) is 93.8 Å². The Kier molecular flexibility index (Phi) is 7.54. The van der Waals surface area contributed by atoms with E-state index in [9.17, 15) is 9.59 Å². The van der Waals surface area contributed by atoms with Crippen LogP contribution in [-0.4, -0.2) is 43.7 Å². The summed E-state index contributed by atoms with van der Waals surface area (Å²) in [7, 11) is 1.70. The predicted molar refractivity (Wildman–Crippen MR) is 107 cm³/mol. The fourth-order valence-electron chi connectivity index (χ4n) is 3.32. The van der Waals surface area contributed by atoms with Crippen molar-refractivity contribution in [3.05, 3.63) is 34.6 Å². The molecule has 0 saturated carbocycles. The molecule has 0 aromatic rings. The third-order valence-electron chi connectivity index (χ3n) is 5.07. The molecule has 1 unspecified atom stereocenters. The van der Waals surface area contributed by atoms with E-state index in [2.05, 4.69) is 23.3 Å². The number of carbonyl (C=O) groups is 2. The number of Topliss-reactive ketones (excluding diaryl/α,β-unsaturated/α-hetero) is 1. The summed E-state index contributed by atoms with van der Waals surface area (Å²) in [4.78, 5) is 29.9. The Morgan fingerprint density at radius 2 is 2.07 bits per heavy atom. The Labute approximate surface area is 161 Å². The molecule has 27 heavy (non-hydrogen) atoms. The van der Waals surface area contributed by atoms with Crippen LogP contribution in [0.1, 0.15) is 46.5 Å². The Balaban J connectivity index is 2.38. The first-order valence-corrected chi connectivity index (χ1v) is 9.59. The first kappa shape index (κ1) is 21.1. The van der Waals surface area contributed by atoms with Gasteiger partial charge in [0.2, 0.25) is 0 Å². The van der Waals surface area contributed by atoms with E-state index in [0.29, 0.717) is 30.9 Å². The predicted octanol–water partition coefficient (Wildman–Crippen LogP) is 2.46. The molecule has 1 saturated heterocycles. The van der Waals surface area contributed by atoms with Gasteiger partial charge in [-0.1, -0.05) is 13.0 Å². The lowest BCUT2D eigenvalue weighted by atomic mass is 9.89. The van der Waals surface area contributed by atoms with Crippen molar-refractivity contribution in [2.45, 2.75) is 52.5 Å². The summed E-state index contributed by atoms with van der Waals surface area (Å²) in [6.07, 6.45) is 6.56. The van der Waals surface area contributed by atoms with E-state index in [0.717, 1.165) is 30.6 Å². The van der Waals surface area contributed by atoms with E-state index >= 15 is 0 Å². The van der Waals surface area contributed by atoms with Crippen molar-refractivity contribution in [3.63, 3.8) is 0 Å². The highest BCUT2D eigenvalue weighted by Gasteiger charge is 2.25. The first-order valence-electron chi connectivity index (χ1n) is 9.59. The Morgan fingerprint density at radius 3 is 2.67 bits per heavy atom. The van der Waals surface area contributed by atoms with Crippen LogP contribution >= 0.6 is 0 Å². The molecule has 1 aliphatic heterocycles. The zero-order valence-electron chi connectivity index (χ0n) is 16.8. The molecule has 2 atom stereocenters. The lowest BCUT2D eigenvalue weighted by molar-refractivity contribution is -0.123. The SMILES string of the molecule is C/N=C(C1=C\C(C)CCC(=O)/C(C(=O)N[C@@H]2CCCOC2)=C\1)\C(C)=C(/C)N. The molecule has 0 bridgehead atoms. The molecule has 6 heteroatoms. The summed E-state index contributed by atoms with van der Waals surface area (Å²) < 4.78 is 5.42. The summed E-state index contributed by atoms with van der Waals surface area (Å²) in [5.74, 6) is -0.264. The van der Waals surface area contributed by atoms with Crippen LogP contribution in [0.2, 0.25) is 0 Å². The molecule has 0 spiro atoms. The number of amides is 1. The molecule has 6 nitrogen and oxygen atoms in total. The number of allylic oxidation sites excluding steroid dienone is 5.